The molecule has 0 unspecified atom stereocenters. The summed E-state index contributed by atoms with van der Waals surface area (Å²) in [5.41, 5.74) is -0.631. The van der Waals surface area contributed by atoms with Crippen LogP contribution in [0.5, 0.6) is 0 Å². The van der Waals surface area contributed by atoms with E-state index in [1.807, 2.05) is 0 Å². The van der Waals surface area contributed by atoms with Gasteiger partial charge in [0.1, 0.15) is 0 Å². The fourth-order valence-corrected chi connectivity index (χ4v) is 0.333. The minimum absolute atomic E-state index is 0. The molecular weight excluding hydrogens is 122 g/mol. The third-order valence-corrected chi connectivity index (χ3v) is 0.614. The Bertz CT molecular complexity index is 247. The van der Waals surface area contributed by atoms with Gasteiger partial charge in [-0.1, -0.05) is 7.43 Å². The number of hydrogen-bond donors (Lipinski definition) is 1. The lowest BCUT2D eigenvalue weighted by atomic mass is 10.7. The Labute approximate surface area is 51.1 Å². The molecule has 0 bridgehead atoms. The Morgan fingerprint density at radius 3 is 2.44 bits per heavy atom. The van der Waals surface area contributed by atoms with E-state index in [1.54, 1.807) is 0 Å². The molecule has 0 aliphatic carbocycles. The minimum Gasteiger partial charge on any atom is -0.373 e. The van der Waals surface area contributed by atoms with Gasteiger partial charge in [-0.2, -0.15) is 0 Å². The predicted octanol–water partition coefficient (Wildman–Crippen LogP) is -0.0358. The quantitative estimate of drug-likeness (QED) is 0.534. The first-order valence-electron chi connectivity index (χ1n) is 1.98. The molecule has 50 valence electrons. The van der Waals surface area contributed by atoms with Crippen LogP contribution in [-0.2, 0) is 0 Å². The lowest BCUT2D eigenvalue weighted by Gasteiger charge is -1.74. The van der Waals surface area contributed by atoms with Crippen LogP contribution < -0.4 is 11.4 Å². The Hall–Kier alpha value is -1.32. The highest BCUT2D eigenvalue weighted by Gasteiger charge is 1.81. The zero-order valence-corrected chi connectivity index (χ0v) is 3.88. The standard InChI is InChI=1S/C4H3NO3.CH4/c6-3-1-2-5-4(7)8-3;/h1-2H,(H,5,7);1H4. The van der Waals surface area contributed by atoms with E-state index in [9.17, 15) is 9.59 Å². The summed E-state index contributed by atoms with van der Waals surface area (Å²) in [6.07, 6.45) is 1.23. The Morgan fingerprint density at radius 2 is 2.11 bits per heavy atom. The average Bonchev–Trinajstić information content (AvgIpc) is 1.64. The highest BCUT2D eigenvalue weighted by atomic mass is 16.4. The number of aromatic nitrogens is 1. The molecule has 0 amide bonds. The second-order valence-corrected chi connectivity index (χ2v) is 1.19. The van der Waals surface area contributed by atoms with Crippen molar-refractivity contribution in [3.63, 3.8) is 0 Å². The van der Waals surface area contributed by atoms with Crippen molar-refractivity contribution in [2.24, 2.45) is 0 Å². The first kappa shape index (κ1) is 7.68. The number of hydrogen-bond acceptors (Lipinski definition) is 3. The van der Waals surface area contributed by atoms with Crippen LogP contribution >= 0.6 is 0 Å². The number of aromatic amines is 1. The molecule has 0 aromatic carbocycles. The van der Waals surface area contributed by atoms with Crippen LogP contribution in [-0.4, -0.2) is 4.98 Å². The Morgan fingerprint density at radius 1 is 1.44 bits per heavy atom. The first-order chi connectivity index (χ1) is 3.79. The summed E-state index contributed by atoms with van der Waals surface area (Å²) in [5.74, 6) is -0.725. The molecule has 1 N–H and O–H groups in total. The molecule has 1 aromatic heterocycles. The van der Waals surface area contributed by atoms with Gasteiger partial charge in [0.15, 0.2) is 0 Å². The second-order valence-electron chi connectivity index (χ2n) is 1.19. The van der Waals surface area contributed by atoms with Gasteiger partial charge in [0.05, 0.1) is 0 Å². The second kappa shape index (κ2) is 2.86. The van der Waals surface area contributed by atoms with E-state index < -0.39 is 11.4 Å². The van der Waals surface area contributed by atoms with E-state index in [4.69, 9.17) is 0 Å². The molecule has 0 saturated carbocycles. The summed E-state index contributed by atoms with van der Waals surface area (Å²) in [7, 11) is 0. The molecule has 1 rings (SSSR count). The van der Waals surface area contributed by atoms with Crippen molar-refractivity contribution in [3.05, 3.63) is 33.2 Å². The molecule has 4 heteroatoms. The van der Waals surface area contributed by atoms with Crippen molar-refractivity contribution in [2.45, 2.75) is 7.43 Å². The van der Waals surface area contributed by atoms with E-state index >= 15 is 0 Å². The number of H-pyrrole nitrogens is 1. The van der Waals surface area contributed by atoms with Crippen molar-refractivity contribution < 1.29 is 4.42 Å². The third kappa shape index (κ3) is 1.94. The van der Waals surface area contributed by atoms with Gasteiger partial charge in [0.2, 0.25) is 0 Å². The fraction of sp³-hybridized carbons (Fsp3) is 0.200. The topological polar surface area (TPSA) is 63.1 Å². The lowest BCUT2D eigenvalue weighted by Crippen LogP contribution is -2.10. The van der Waals surface area contributed by atoms with Gasteiger partial charge in [-0.15, -0.1) is 0 Å². The summed E-state index contributed by atoms with van der Waals surface area (Å²) in [6, 6.07) is 1.13. The molecule has 0 spiro atoms. The van der Waals surface area contributed by atoms with Gasteiger partial charge in [0, 0.05) is 12.3 Å². The zero-order valence-electron chi connectivity index (χ0n) is 3.88. The van der Waals surface area contributed by atoms with E-state index in [2.05, 4.69) is 9.40 Å². The molecule has 0 atom stereocenters. The highest BCUT2D eigenvalue weighted by Crippen LogP contribution is 1.56. The minimum atomic E-state index is -0.725. The van der Waals surface area contributed by atoms with Crippen molar-refractivity contribution >= 4 is 0 Å². The summed E-state index contributed by atoms with van der Waals surface area (Å²) in [6.45, 7) is 0. The summed E-state index contributed by atoms with van der Waals surface area (Å²) >= 11 is 0. The molecule has 0 aliphatic rings. The van der Waals surface area contributed by atoms with Crippen LogP contribution in [0.2, 0.25) is 0 Å². The zero-order chi connectivity index (χ0) is 5.98. The van der Waals surface area contributed by atoms with E-state index in [1.165, 1.54) is 6.20 Å². The van der Waals surface area contributed by atoms with Crippen molar-refractivity contribution in [3.8, 4) is 0 Å². The summed E-state index contributed by atoms with van der Waals surface area (Å²) < 4.78 is 4.01. The lowest BCUT2D eigenvalue weighted by molar-refractivity contribution is 0.449. The maximum Gasteiger partial charge on any atom is 0.419 e. The molecule has 0 aliphatic heterocycles. The van der Waals surface area contributed by atoms with Gasteiger partial charge >= 0.3 is 11.4 Å². The van der Waals surface area contributed by atoms with Crippen molar-refractivity contribution in [2.75, 3.05) is 0 Å². The van der Waals surface area contributed by atoms with Crippen LogP contribution in [0, 0.1) is 0 Å². The van der Waals surface area contributed by atoms with E-state index in [-0.39, 0.29) is 7.43 Å². The van der Waals surface area contributed by atoms with Crippen molar-refractivity contribution in [1.82, 2.24) is 4.98 Å². The predicted molar refractivity (Wildman–Crippen MR) is 32.3 cm³/mol. The molecule has 9 heavy (non-hydrogen) atoms. The molecular formula is C5H7NO3. The number of rotatable bonds is 0. The summed E-state index contributed by atoms with van der Waals surface area (Å²) in [5, 5.41) is 0. The molecule has 4 nitrogen and oxygen atoms in total. The van der Waals surface area contributed by atoms with Gasteiger partial charge in [-0.3, -0.25) is 4.98 Å². The average molecular weight is 129 g/mol. The molecule has 0 fully saturated rings. The largest absolute Gasteiger partial charge is 0.419 e. The molecule has 1 aromatic rings. The smallest absolute Gasteiger partial charge is 0.373 e. The first-order valence-corrected chi connectivity index (χ1v) is 1.98. The summed E-state index contributed by atoms with van der Waals surface area (Å²) in [4.78, 5) is 22.3. The highest BCUT2D eigenvalue weighted by molar-refractivity contribution is 4.72. The van der Waals surface area contributed by atoms with Crippen LogP contribution in [0.15, 0.2) is 26.3 Å². The normalized spacial score (nSPS) is 8.00. The van der Waals surface area contributed by atoms with E-state index in [0.717, 1.165) is 6.07 Å². The van der Waals surface area contributed by atoms with E-state index in [0.29, 0.717) is 0 Å². The SMILES string of the molecule is C.O=c1cc[nH]c(=O)o1. The van der Waals surface area contributed by atoms with Gasteiger partial charge in [0.25, 0.3) is 0 Å². The fourth-order valence-electron chi connectivity index (χ4n) is 0.333. The van der Waals surface area contributed by atoms with Gasteiger partial charge in [-0.25, -0.2) is 9.59 Å². The van der Waals surface area contributed by atoms with Crippen LogP contribution in [0.4, 0.5) is 0 Å². The van der Waals surface area contributed by atoms with Gasteiger partial charge < -0.3 is 4.42 Å². The maximum absolute atomic E-state index is 10.1. The number of nitrogens with one attached hydrogen (secondary N) is 1. The van der Waals surface area contributed by atoms with Crippen LogP contribution in [0.1, 0.15) is 7.43 Å². The Balaban J connectivity index is 0.000000640. The van der Waals surface area contributed by atoms with Crippen molar-refractivity contribution in [1.29, 1.82) is 0 Å². The Kier molecular flexibility index (Phi) is 2.44. The van der Waals surface area contributed by atoms with Gasteiger partial charge in [-0.05, 0) is 0 Å². The van der Waals surface area contributed by atoms with Crippen LogP contribution in [0.25, 0.3) is 0 Å². The molecule has 0 saturated heterocycles. The van der Waals surface area contributed by atoms with Crippen LogP contribution in [0.3, 0.4) is 0 Å². The molecule has 0 radical (unpaired) electrons. The third-order valence-electron chi connectivity index (χ3n) is 0.614. The monoisotopic (exact) mass is 129 g/mol. The molecule has 1 heterocycles. The maximum atomic E-state index is 10.1.